The molecule has 0 aromatic rings. The predicted octanol–water partition coefficient (Wildman–Crippen LogP) is 0.0712. The number of rotatable bonds is 1. The fourth-order valence-corrected chi connectivity index (χ4v) is 1.90. The second-order valence-electron chi connectivity index (χ2n) is 2.65. The van der Waals surface area contributed by atoms with Crippen molar-refractivity contribution in [2.75, 3.05) is 24.6 Å². The van der Waals surface area contributed by atoms with Gasteiger partial charge in [-0.05, 0) is 0 Å². The molecule has 1 rings (SSSR count). The van der Waals surface area contributed by atoms with Crippen LogP contribution in [0.5, 0.6) is 0 Å². The maximum absolute atomic E-state index is 11.7. The Kier molecular flexibility index (Phi) is 3.62. The van der Waals surface area contributed by atoms with Gasteiger partial charge in [-0.3, -0.25) is 0 Å². The minimum Gasteiger partial charge on any atom is -0.616 e. The van der Waals surface area contributed by atoms with Crippen LogP contribution in [0, 0.1) is 0 Å². The van der Waals surface area contributed by atoms with Crippen molar-refractivity contribution in [3.05, 3.63) is 0 Å². The lowest BCUT2D eigenvalue weighted by Crippen LogP contribution is -2.43. The normalized spacial score (nSPS) is 20.9. The van der Waals surface area contributed by atoms with Crippen molar-refractivity contribution in [1.29, 1.82) is 0 Å². The van der Waals surface area contributed by atoms with E-state index in [1.165, 1.54) is 0 Å². The minimum atomic E-state index is -4.98. The first-order valence-corrected chi connectivity index (χ1v) is 5.27. The summed E-state index contributed by atoms with van der Waals surface area (Å²) in [7, 11) is 0. The third kappa shape index (κ3) is 3.35. The molecular weight excluding hydrogens is 223 g/mol. The van der Waals surface area contributed by atoms with Crippen molar-refractivity contribution in [3.8, 4) is 0 Å². The largest absolute Gasteiger partial charge is 0.616 e. The van der Waals surface area contributed by atoms with Gasteiger partial charge >= 0.3 is 12.1 Å². The minimum absolute atomic E-state index is 0.0778. The molecule has 0 unspecified atom stereocenters. The summed E-state index contributed by atoms with van der Waals surface area (Å²) in [5, 5.41) is 0.886. The van der Waals surface area contributed by atoms with E-state index < -0.39 is 23.3 Å². The Hall–Kier alpha value is -0.470. The number of alkyl halides is 3. The lowest BCUT2D eigenvalue weighted by molar-refractivity contribution is -0.237. The third-order valence-electron chi connectivity index (χ3n) is 1.58. The van der Waals surface area contributed by atoms with Gasteiger partial charge in [0.05, 0.1) is 13.1 Å². The maximum Gasteiger partial charge on any atom is 0.492 e. The second-order valence-corrected chi connectivity index (χ2v) is 4.35. The average molecular weight is 231 g/mol. The second kappa shape index (κ2) is 4.37. The summed E-state index contributed by atoms with van der Waals surface area (Å²) < 4.78 is 46.0. The predicted molar refractivity (Wildman–Crippen MR) is 41.6 cm³/mol. The van der Waals surface area contributed by atoms with Crippen molar-refractivity contribution in [1.82, 2.24) is 5.06 Å². The van der Waals surface area contributed by atoms with E-state index in [-0.39, 0.29) is 24.6 Å². The zero-order chi connectivity index (χ0) is 10.8. The van der Waals surface area contributed by atoms with Crippen LogP contribution in [-0.4, -0.2) is 46.4 Å². The highest BCUT2D eigenvalue weighted by molar-refractivity contribution is 7.91. The van der Waals surface area contributed by atoms with Crippen LogP contribution in [0.25, 0.3) is 0 Å². The average Bonchev–Trinajstić information content (AvgIpc) is 2.07. The molecule has 0 saturated carbocycles. The first kappa shape index (κ1) is 11.6. The Labute approximate surface area is 81.1 Å². The van der Waals surface area contributed by atoms with Gasteiger partial charge in [0.15, 0.2) is 0 Å². The monoisotopic (exact) mass is 231 g/mol. The highest BCUT2D eigenvalue weighted by Gasteiger charge is 2.43. The van der Waals surface area contributed by atoms with Crippen molar-refractivity contribution >= 4 is 17.1 Å². The first-order valence-electron chi connectivity index (χ1n) is 3.78. The summed E-state index contributed by atoms with van der Waals surface area (Å²) in [6.07, 6.45) is -4.98. The number of hydroxylamine groups is 2. The number of carbonyl (C=O) groups is 1. The Balaban J connectivity index is 2.35. The van der Waals surface area contributed by atoms with Crippen molar-refractivity contribution in [3.63, 3.8) is 0 Å². The van der Waals surface area contributed by atoms with Crippen LogP contribution in [0.3, 0.4) is 0 Å². The molecule has 1 aliphatic heterocycles. The summed E-state index contributed by atoms with van der Waals surface area (Å²) in [6.45, 7) is 0.156. The van der Waals surface area contributed by atoms with Crippen molar-refractivity contribution in [2.45, 2.75) is 6.18 Å². The van der Waals surface area contributed by atoms with Crippen LogP contribution in [-0.2, 0) is 20.8 Å². The smallest absolute Gasteiger partial charge is 0.492 e. The highest BCUT2D eigenvalue weighted by atomic mass is 32.2. The van der Waals surface area contributed by atoms with Gasteiger partial charge in [0.1, 0.15) is 11.5 Å². The van der Waals surface area contributed by atoms with E-state index in [1.54, 1.807) is 0 Å². The molecule has 1 heterocycles. The summed E-state index contributed by atoms with van der Waals surface area (Å²) >= 11 is -1.01. The first-order chi connectivity index (χ1) is 6.39. The van der Waals surface area contributed by atoms with Gasteiger partial charge < -0.3 is 9.39 Å². The summed E-state index contributed by atoms with van der Waals surface area (Å²) in [5.74, 6) is -1.78. The van der Waals surface area contributed by atoms with Gasteiger partial charge in [0, 0.05) is 0 Å². The lowest BCUT2D eigenvalue weighted by atomic mass is 10.6. The van der Waals surface area contributed by atoms with Gasteiger partial charge in [0.25, 0.3) is 0 Å². The molecule has 0 amide bonds. The molecule has 0 aromatic heterocycles. The van der Waals surface area contributed by atoms with Gasteiger partial charge in [-0.1, -0.05) is 11.2 Å². The SMILES string of the molecule is O=C(ON1CC[S+]([O-])CC1)C(F)(F)F. The number of hydrogen-bond acceptors (Lipinski definition) is 4. The molecule has 8 heteroatoms. The van der Waals surface area contributed by atoms with Gasteiger partial charge in [-0.15, -0.1) is 5.06 Å². The molecule has 0 bridgehead atoms. The number of halogens is 3. The molecule has 4 nitrogen and oxygen atoms in total. The van der Waals surface area contributed by atoms with E-state index in [4.69, 9.17) is 0 Å². The summed E-state index contributed by atoms with van der Waals surface area (Å²) in [4.78, 5) is 14.4. The fourth-order valence-electron chi connectivity index (χ4n) is 0.881. The molecule has 1 saturated heterocycles. The standard InChI is InChI=1S/C6H8F3NO3S/c7-6(8,9)5(11)13-10-1-3-14(12)4-2-10/h1-4H2. The molecule has 0 N–H and O–H groups in total. The fraction of sp³-hybridized carbons (Fsp3) is 0.833. The van der Waals surface area contributed by atoms with Crippen molar-refractivity contribution < 1.29 is 27.4 Å². The zero-order valence-electron chi connectivity index (χ0n) is 7.04. The molecular formula is C6H8F3NO3S. The maximum atomic E-state index is 11.7. The number of nitrogens with zero attached hydrogens (tertiary/aromatic N) is 1. The van der Waals surface area contributed by atoms with E-state index in [0.29, 0.717) is 0 Å². The van der Waals surface area contributed by atoms with E-state index in [1.807, 2.05) is 0 Å². The molecule has 0 aromatic carbocycles. The Morgan fingerprint density at radius 3 is 2.29 bits per heavy atom. The van der Waals surface area contributed by atoms with Gasteiger partial charge in [0.2, 0.25) is 0 Å². The van der Waals surface area contributed by atoms with Crippen LogP contribution in [0.2, 0.25) is 0 Å². The topological polar surface area (TPSA) is 52.6 Å². The van der Waals surface area contributed by atoms with Crippen LogP contribution in [0.15, 0.2) is 0 Å². The zero-order valence-corrected chi connectivity index (χ0v) is 7.86. The lowest BCUT2D eigenvalue weighted by Gasteiger charge is -2.26. The van der Waals surface area contributed by atoms with E-state index in [2.05, 4.69) is 4.84 Å². The quantitative estimate of drug-likeness (QED) is 0.599. The van der Waals surface area contributed by atoms with Crippen molar-refractivity contribution in [2.24, 2.45) is 0 Å². The van der Waals surface area contributed by atoms with E-state index in [0.717, 1.165) is 5.06 Å². The van der Waals surface area contributed by atoms with Crippen LogP contribution >= 0.6 is 0 Å². The molecule has 14 heavy (non-hydrogen) atoms. The molecule has 0 atom stereocenters. The molecule has 0 aliphatic carbocycles. The molecule has 1 fully saturated rings. The third-order valence-corrected chi connectivity index (χ3v) is 2.86. The van der Waals surface area contributed by atoms with Gasteiger partial charge in [-0.2, -0.15) is 13.2 Å². The van der Waals surface area contributed by atoms with Gasteiger partial charge in [-0.25, -0.2) is 4.79 Å². The molecule has 1 aliphatic rings. The van der Waals surface area contributed by atoms with Crippen LogP contribution < -0.4 is 0 Å². The molecule has 0 radical (unpaired) electrons. The molecule has 0 spiro atoms. The van der Waals surface area contributed by atoms with E-state index >= 15 is 0 Å². The Morgan fingerprint density at radius 1 is 1.36 bits per heavy atom. The summed E-state index contributed by atoms with van der Waals surface area (Å²) in [5.41, 5.74) is 0. The number of hydrogen-bond donors (Lipinski definition) is 0. The number of carbonyl (C=O) groups excluding carboxylic acids is 1. The molecule has 82 valence electrons. The van der Waals surface area contributed by atoms with E-state index in [9.17, 15) is 22.5 Å². The Morgan fingerprint density at radius 2 is 1.86 bits per heavy atom. The van der Waals surface area contributed by atoms with Crippen LogP contribution in [0.1, 0.15) is 0 Å². The summed E-state index contributed by atoms with van der Waals surface area (Å²) in [6, 6.07) is 0. The highest BCUT2D eigenvalue weighted by Crippen LogP contribution is 2.18. The van der Waals surface area contributed by atoms with Crippen LogP contribution in [0.4, 0.5) is 13.2 Å². The Bertz CT molecular complexity index is 215.